The molecule has 3 aliphatic heterocycles. The molecule has 4 N–H and O–H groups in total. The topological polar surface area (TPSA) is 279 Å². The third kappa shape index (κ3) is 20.8. The van der Waals surface area contributed by atoms with Gasteiger partial charge in [-0.3, -0.25) is 52.7 Å². The van der Waals surface area contributed by atoms with Gasteiger partial charge in [-0.1, -0.05) is 105 Å². The lowest BCUT2D eigenvalue weighted by molar-refractivity contribution is -0.160. The Hall–Kier alpha value is -7.26. The molecule has 3 heterocycles. The van der Waals surface area contributed by atoms with Crippen molar-refractivity contribution in [3.8, 4) is 0 Å². The molecule has 102 heavy (non-hydrogen) atoms. The second kappa shape index (κ2) is 38.0. The van der Waals surface area contributed by atoms with Crippen LogP contribution >= 0.6 is 0 Å². The number of carbonyl (C=O) groups is 12. The summed E-state index contributed by atoms with van der Waals surface area (Å²) in [6.07, 6.45) is 5.89. The number of nitrogens with zero attached hydrogens (tertiary/aromatic N) is 8. The molecule has 1 aromatic rings. The highest BCUT2D eigenvalue weighted by molar-refractivity contribution is 6.00. The molecule has 2 aliphatic carbocycles. The van der Waals surface area contributed by atoms with Crippen molar-refractivity contribution in [1.29, 1.82) is 0 Å². The Bertz CT molecular complexity index is 3100. The summed E-state index contributed by atoms with van der Waals surface area (Å²) in [4.78, 5) is 183. The van der Waals surface area contributed by atoms with Gasteiger partial charge >= 0.3 is 6.18 Å². The summed E-state index contributed by atoms with van der Waals surface area (Å²) < 4.78 is 56.3. The van der Waals surface area contributed by atoms with Crippen molar-refractivity contribution >= 4 is 71.3 Å². The van der Waals surface area contributed by atoms with Crippen LogP contribution in [0.15, 0.2) is 18.2 Å². The van der Waals surface area contributed by atoms with Gasteiger partial charge in [0.2, 0.25) is 65.0 Å². The highest BCUT2D eigenvalue weighted by atomic mass is 19.4. The summed E-state index contributed by atoms with van der Waals surface area (Å²) in [5.74, 6) is -8.09. The van der Waals surface area contributed by atoms with Gasteiger partial charge in [-0.2, -0.15) is 13.2 Å². The fourth-order valence-electron chi connectivity index (χ4n) is 15.4. The monoisotopic (exact) mass is 1440 g/mol. The minimum atomic E-state index is -5.00. The van der Waals surface area contributed by atoms with Crippen LogP contribution < -0.4 is 21.3 Å². The molecule has 11 amide bonds. The number of alkyl halides is 3. The predicted molar refractivity (Wildman–Crippen MR) is 375 cm³/mol. The van der Waals surface area contributed by atoms with E-state index in [1.54, 1.807) is 18.9 Å². The number of benzene rings is 1. The van der Waals surface area contributed by atoms with Crippen molar-refractivity contribution in [2.45, 2.75) is 262 Å². The van der Waals surface area contributed by atoms with E-state index in [-0.39, 0.29) is 106 Å². The van der Waals surface area contributed by atoms with Crippen LogP contribution in [0.25, 0.3) is 0 Å². The van der Waals surface area contributed by atoms with Crippen molar-refractivity contribution in [3.63, 3.8) is 0 Å². The minimum absolute atomic E-state index is 0.00802. The Morgan fingerprint density at radius 2 is 1.29 bits per heavy atom. The first-order chi connectivity index (χ1) is 48.2. The van der Waals surface area contributed by atoms with Crippen LogP contribution in [0.2, 0.25) is 0 Å². The van der Waals surface area contributed by atoms with Crippen LogP contribution in [0.3, 0.4) is 0 Å². The predicted octanol–water partition coefficient (Wildman–Crippen LogP) is 6.24. The average Bonchev–Trinajstić information content (AvgIpc) is 0.909. The lowest BCUT2D eigenvalue weighted by Gasteiger charge is -2.45. The molecular formula is C74H116F4N12O12. The van der Waals surface area contributed by atoms with Gasteiger partial charge in [0.05, 0.1) is 18.2 Å². The van der Waals surface area contributed by atoms with Crippen LogP contribution in [0, 0.1) is 29.5 Å². The van der Waals surface area contributed by atoms with Crippen molar-refractivity contribution in [2.75, 3.05) is 75.0 Å². The van der Waals surface area contributed by atoms with Crippen LogP contribution in [-0.4, -0.2) is 245 Å². The Balaban J connectivity index is 1.21. The van der Waals surface area contributed by atoms with Crippen molar-refractivity contribution in [3.05, 3.63) is 35.1 Å². The summed E-state index contributed by atoms with van der Waals surface area (Å²) in [6, 6.07) is -7.01. The van der Waals surface area contributed by atoms with Gasteiger partial charge in [-0.25, -0.2) is 4.39 Å². The molecule has 0 bridgehead atoms. The highest BCUT2D eigenvalue weighted by Crippen LogP contribution is 2.37. The Morgan fingerprint density at radius 3 is 1.86 bits per heavy atom. The zero-order valence-electron chi connectivity index (χ0n) is 62.6. The summed E-state index contributed by atoms with van der Waals surface area (Å²) >= 11 is 0. The Labute approximate surface area is 600 Å². The van der Waals surface area contributed by atoms with Crippen molar-refractivity contribution < 1.29 is 75.1 Å². The minimum Gasteiger partial charge on any atom is -0.343 e. The zero-order chi connectivity index (χ0) is 75.7. The molecule has 3 saturated heterocycles. The van der Waals surface area contributed by atoms with Crippen LogP contribution in [-0.2, 0) is 70.1 Å². The third-order valence-corrected chi connectivity index (χ3v) is 22.4. The number of amides is 11. The van der Waals surface area contributed by atoms with E-state index in [0.717, 1.165) is 62.2 Å². The number of aldehydes is 1. The van der Waals surface area contributed by atoms with Crippen LogP contribution in [0.1, 0.15) is 201 Å². The number of halogens is 4. The molecule has 28 heteroatoms. The van der Waals surface area contributed by atoms with E-state index in [0.29, 0.717) is 70.2 Å². The van der Waals surface area contributed by atoms with Crippen LogP contribution in [0.4, 0.5) is 17.6 Å². The fraction of sp³-hybridized carbons (Fsp3) is 0.757. The number of hydrogen-bond donors (Lipinski definition) is 4. The first-order valence-corrected chi connectivity index (χ1v) is 37.3. The molecule has 0 spiro atoms. The maximum Gasteiger partial charge on any atom is 0.419 e. The molecule has 2 saturated carbocycles. The summed E-state index contributed by atoms with van der Waals surface area (Å²) in [7, 11) is 9.05. The zero-order valence-corrected chi connectivity index (χ0v) is 62.6. The van der Waals surface area contributed by atoms with Crippen molar-refractivity contribution in [1.82, 2.24) is 60.5 Å². The maximum absolute atomic E-state index is 15.2. The molecule has 11 atom stereocenters. The Morgan fingerprint density at radius 1 is 0.657 bits per heavy atom. The van der Waals surface area contributed by atoms with Gasteiger partial charge in [0.1, 0.15) is 66.0 Å². The smallest absolute Gasteiger partial charge is 0.343 e. The number of carbonyl (C=O) groups excluding carboxylic acids is 12. The largest absolute Gasteiger partial charge is 0.419 e. The molecule has 6 rings (SSSR count). The number of nitrogens with one attached hydrogen (secondary N) is 4. The summed E-state index contributed by atoms with van der Waals surface area (Å²) in [5.41, 5.74) is -2.97. The molecule has 1 unspecified atom stereocenters. The maximum atomic E-state index is 15.2. The van der Waals surface area contributed by atoms with Gasteiger partial charge in [-0.15, -0.1) is 0 Å². The van der Waals surface area contributed by atoms with E-state index in [1.807, 2.05) is 41.5 Å². The SMILES string of the molecule is CC[C@H](C)C(C(=O)N(C)[C@@H](CCCC=O)C(=O)N1CCCC1)N(C)C(=O)C1(NC(=O)[C@@H]2CCCN2C(=O)[C@H](CCc2ccc(C(F)(F)F)c(F)c2)NC(=O)CN(C)C(=O)[C@H](CC2CCCCC2)N(C)C(=O)[C@@H]2CCN2C(=O)[C@H](C)N(C)C(=O)[C@@H](NC(=O)[C@H](CC(C)C)NC)[C@@H](C)CC)CCCC1. The van der Waals surface area contributed by atoms with Gasteiger partial charge in [0, 0.05) is 67.8 Å². The molecule has 5 fully saturated rings. The molecule has 5 aliphatic rings. The van der Waals surface area contributed by atoms with E-state index >= 15 is 14.0 Å². The second-order valence-electron chi connectivity index (χ2n) is 30.0. The molecular weight excluding hydrogens is 1320 g/mol. The van der Waals surface area contributed by atoms with E-state index in [9.17, 15) is 61.1 Å². The van der Waals surface area contributed by atoms with E-state index in [4.69, 9.17) is 0 Å². The van der Waals surface area contributed by atoms with Gasteiger partial charge in [0.25, 0.3) is 0 Å². The summed E-state index contributed by atoms with van der Waals surface area (Å²) in [5, 5.41) is 11.7. The lowest BCUT2D eigenvalue weighted by atomic mass is 9.84. The molecule has 572 valence electrons. The third-order valence-electron chi connectivity index (χ3n) is 22.4. The fourth-order valence-corrected chi connectivity index (χ4v) is 15.4. The number of rotatable bonds is 35. The second-order valence-corrected chi connectivity index (χ2v) is 30.0. The number of unbranched alkanes of at least 4 members (excludes halogenated alkanes) is 1. The molecule has 1 aromatic carbocycles. The summed E-state index contributed by atoms with van der Waals surface area (Å²) in [6.45, 7) is 13.6. The Kier molecular flexibility index (Phi) is 31.1. The lowest BCUT2D eigenvalue weighted by Crippen LogP contribution is -2.65. The van der Waals surface area contributed by atoms with Gasteiger partial charge in [0.15, 0.2) is 0 Å². The molecule has 24 nitrogen and oxygen atoms in total. The van der Waals surface area contributed by atoms with Gasteiger partial charge in [-0.05, 0) is 139 Å². The van der Waals surface area contributed by atoms with Crippen LogP contribution in [0.5, 0.6) is 0 Å². The number of aryl methyl sites for hydroxylation is 1. The van der Waals surface area contributed by atoms with Crippen molar-refractivity contribution in [2.24, 2.45) is 23.7 Å². The first-order valence-electron chi connectivity index (χ1n) is 37.3. The first kappa shape index (κ1) is 83.7. The van der Waals surface area contributed by atoms with Gasteiger partial charge < -0.3 is 65.3 Å². The van der Waals surface area contributed by atoms with E-state index in [1.165, 1.54) is 64.6 Å². The molecule has 0 aromatic heterocycles. The van der Waals surface area contributed by atoms with E-state index < -0.39 is 143 Å². The normalized spacial score (nSPS) is 20.3. The molecule has 0 radical (unpaired) electrons. The van der Waals surface area contributed by atoms with E-state index in [2.05, 4.69) is 21.3 Å². The highest BCUT2D eigenvalue weighted by Gasteiger charge is 2.51. The number of hydrogen-bond acceptors (Lipinski definition) is 13. The quantitative estimate of drug-likeness (QED) is 0.0333. The number of likely N-dealkylation sites (tertiary alicyclic amines) is 3. The average molecular weight is 1440 g/mol. The number of likely N-dealkylation sites (N-methyl/N-ethyl adjacent to an activating group) is 6. The standard InChI is InChI=1S/C74H116F4N12O12/c1-14-47(5)61(81-63(93)55(79-8)42-46(3)4)70(100)84(10)49(7)65(95)90-40-34-58(90)68(98)86(12)59(44-50-26-17-16-18-27-50)67(97)83(9)45-60(92)80-54(33-31-51-30-32-52(53(75)43-51)74(76,77)78)66(96)89-39-25-29-56(89)64(94)82-73(35-20-21-36-73)72(102)87(13)62(48(6)15-2)71(101)85(11)57(28-19-24-41-91)69(99)88-37-22-23-38-88/h30,32,41,43,46-50,54-59,61-62,79H,14-29,31,33-40,42,44-45H2,1-13H3,(H,80,92)(H,81,93)(H,82,94)/t47-,48-,49-,54-,55-,56-,57-,58-,59-,61-,62?/m0/s1.